The molecule has 0 radical (unpaired) electrons. The number of nitrogens with two attached hydrogens (primary N) is 1. The number of hydrogen-bond acceptors (Lipinski definition) is 11. The van der Waals surface area contributed by atoms with Crippen LogP contribution in [0.3, 0.4) is 0 Å². The topological polar surface area (TPSA) is 133 Å². The minimum Gasteiger partial charge on any atom is -0.464 e. The summed E-state index contributed by atoms with van der Waals surface area (Å²) in [6.07, 6.45) is 9.07. The summed E-state index contributed by atoms with van der Waals surface area (Å²) in [5.41, 5.74) is 9.54. The lowest BCUT2D eigenvalue weighted by atomic mass is 9.73. The summed E-state index contributed by atoms with van der Waals surface area (Å²) in [6, 6.07) is 10.2. The zero-order chi connectivity index (χ0) is 25.4. The van der Waals surface area contributed by atoms with Gasteiger partial charge in [-0.2, -0.15) is 0 Å². The second-order valence-corrected chi connectivity index (χ2v) is 10.3. The first kappa shape index (κ1) is 23.6. The number of esters is 1. The maximum Gasteiger partial charge on any atom is 0.360 e. The first-order valence-electron chi connectivity index (χ1n) is 12.0. The number of methoxy groups -OCH3 is 1. The van der Waals surface area contributed by atoms with Crippen molar-refractivity contribution in [1.29, 1.82) is 0 Å². The van der Waals surface area contributed by atoms with Gasteiger partial charge in [-0.1, -0.05) is 24.3 Å². The lowest BCUT2D eigenvalue weighted by Crippen LogP contribution is -2.45. The Morgan fingerprint density at radius 3 is 2.70 bits per heavy atom. The van der Waals surface area contributed by atoms with E-state index >= 15 is 0 Å². The second kappa shape index (κ2) is 9.56. The van der Waals surface area contributed by atoms with E-state index in [1.165, 1.54) is 42.5 Å². The molecule has 3 aromatic heterocycles. The third kappa shape index (κ3) is 4.34. The maximum absolute atomic E-state index is 12.7. The number of carbonyl (C=O) groups is 1. The molecule has 0 unspecified atom stereocenters. The van der Waals surface area contributed by atoms with Gasteiger partial charge in [-0.25, -0.2) is 29.7 Å². The molecule has 1 aromatic carbocycles. The summed E-state index contributed by atoms with van der Waals surface area (Å²) in [5, 5.41) is 1.14. The van der Waals surface area contributed by atoms with E-state index in [-0.39, 0.29) is 17.2 Å². The van der Waals surface area contributed by atoms with Gasteiger partial charge in [0, 0.05) is 25.3 Å². The highest BCUT2D eigenvalue weighted by molar-refractivity contribution is 7.99. The third-order valence-electron chi connectivity index (χ3n) is 7.22. The Labute approximate surface area is 217 Å². The number of ether oxygens (including phenoxy) is 1. The first-order chi connectivity index (χ1) is 18.1. The first-order valence-corrected chi connectivity index (χ1v) is 12.8. The number of benzene rings is 1. The minimum absolute atomic E-state index is 0.0184. The third-order valence-corrected chi connectivity index (χ3v) is 8.07. The Balaban J connectivity index is 1.22. The van der Waals surface area contributed by atoms with E-state index in [1.54, 1.807) is 18.5 Å². The van der Waals surface area contributed by atoms with E-state index in [0.717, 1.165) is 32.4 Å². The maximum atomic E-state index is 12.7. The highest BCUT2D eigenvalue weighted by atomic mass is 32.2. The molecule has 188 valence electrons. The molecule has 37 heavy (non-hydrogen) atoms. The molecule has 1 saturated heterocycles. The zero-order valence-electron chi connectivity index (χ0n) is 20.2. The van der Waals surface area contributed by atoms with Crippen LogP contribution in [-0.2, 0) is 11.2 Å². The summed E-state index contributed by atoms with van der Waals surface area (Å²) >= 11 is 1.27. The van der Waals surface area contributed by atoms with E-state index in [0.29, 0.717) is 27.6 Å². The molecule has 0 bridgehead atoms. The second-order valence-electron chi connectivity index (χ2n) is 9.23. The van der Waals surface area contributed by atoms with Gasteiger partial charge in [-0.05, 0) is 53.6 Å². The van der Waals surface area contributed by atoms with Crippen LogP contribution in [0.25, 0.3) is 11.7 Å². The van der Waals surface area contributed by atoms with Crippen molar-refractivity contribution in [1.82, 2.24) is 24.9 Å². The summed E-state index contributed by atoms with van der Waals surface area (Å²) in [4.78, 5) is 36.8. The van der Waals surface area contributed by atoms with Crippen molar-refractivity contribution in [2.75, 3.05) is 25.1 Å². The molecule has 1 spiro atoms. The molecule has 2 N–H and O–H groups in total. The fourth-order valence-corrected chi connectivity index (χ4v) is 6.01. The van der Waals surface area contributed by atoms with E-state index in [1.807, 2.05) is 0 Å². The van der Waals surface area contributed by atoms with Crippen molar-refractivity contribution in [3.63, 3.8) is 0 Å². The van der Waals surface area contributed by atoms with E-state index < -0.39 is 5.97 Å². The molecule has 1 atom stereocenters. The summed E-state index contributed by atoms with van der Waals surface area (Å²) in [7, 11) is 1.35. The van der Waals surface area contributed by atoms with Gasteiger partial charge < -0.3 is 19.8 Å². The molecule has 0 saturated carbocycles. The summed E-state index contributed by atoms with van der Waals surface area (Å²) in [6.45, 7) is 1.47. The van der Waals surface area contributed by atoms with Crippen LogP contribution in [0.4, 0.5) is 5.82 Å². The van der Waals surface area contributed by atoms with Gasteiger partial charge in [0.05, 0.1) is 19.5 Å². The number of rotatable bonds is 5. The van der Waals surface area contributed by atoms with Crippen LogP contribution in [0, 0.1) is 5.41 Å². The van der Waals surface area contributed by atoms with Crippen molar-refractivity contribution >= 4 is 23.5 Å². The Kier molecular flexibility index (Phi) is 6.09. The lowest BCUT2D eigenvalue weighted by molar-refractivity contribution is 0.0593. The molecule has 4 heterocycles. The Bertz CT molecular complexity index is 1440. The molecule has 4 aromatic rings. The molecular formula is C26H25N7O3S. The number of anilines is 1. The minimum atomic E-state index is -0.529. The average molecular weight is 516 g/mol. The predicted molar refractivity (Wildman–Crippen MR) is 136 cm³/mol. The molecule has 2 aliphatic rings. The fraction of sp³-hybridized carbons (Fsp3) is 0.308. The predicted octanol–water partition coefficient (Wildman–Crippen LogP) is 3.70. The van der Waals surface area contributed by atoms with Crippen molar-refractivity contribution in [2.24, 2.45) is 11.1 Å². The van der Waals surface area contributed by atoms with Crippen LogP contribution >= 0.6 is 11.8 Å². The summed E-state index contributed by atoms with van der Waals surface area (Å²) in [5.74, 6) is 0.686. The van der Waals surface area contributed by atoms with Gasteiger partial charge in [-0.3, -0.25) is 0 Å². The van der Waals surface area contributed by atoms with Gasteiger partial charge in [0.25, 0.3) is 5.89 Å². The van der Waals surface area contributed by atoms with Crippen LogP contribution in [-0.4, -0.2) is 51.1 Å². The van der Waals surface area contributed by atoms with E-state index in [9.17, 15) is 4.79 Å². The average Bonchev–Trinajstić information content (AvgIpc) is 3.57. The van der Waals surface area contributed by atoms with Crippen LogP contribution in [0.2, 0.25) is 0 Å². The van der Waals surface area contributed by atoms with Crippen molar-refractivity contribution in [3.8, 4) is 11.7 Å². The quantitative estimate of drug-likeness (QED) is 0.308. The fourth-order valence-electron chi connectivity index (χ4n) is 5.29. The van der Waals surface area contributed by atoms with Crippen molar-refractivity contribution < 1.29 is 13.9 Å². The van der Waals surface area contributed by atoms with Crippen LogP contribution in [0.1, 0.15) is 40.5 Å². The largest absolute Gasteiger partial charge is 0.464 e. The number of hydrogen-bond donors (Lipinski definition) is 1. The molecule has 11 heteroatoms. The molecular weight excluding hydrogens is 490 g/mol. The monoisotopic (exact) mass is 515 g/mol. The Morgan fingerprint density at radius 2 is 1.95 bits per heavy atom. The Morgan fingerprint density at radius 1 is 1.11 bits per heavy atom. The molecule has 10 nitrogen and oxygen atoms in total. The van der Waals surface area contributed by atoms with Crippen molar-refractivity contribution in [3.05, 3.63) is 72.0 Å². The molecule has 1 aliphatic heterocycles. The molecule has 0 amide bonds. The van der Waals surface area contributed by atoms with Crippen molar-refractivity contribution in [2.45, 2.75) is 35.4 Å². The van der Waals surface area contributed by atoms with Crippen LogP contribution in [0.15, 0.2) is 69.7 Å². The highest BCUT2D eigenvalue weighted by Crippen LogP contribution is 2.51. The number of piperidine rings is 1. The Hall–Kier alpha value is -3.83. The highest BCUT2D eigenvalue weighted by Gasteiger charge is 2.46. The number of carbonyl (C=O) groups excluding carboxylic acids is 1. The van der Waals surface area contributed by atoms with Crippen LogP contribution < -0.4 is 10.6 Å². The number of nitrogens with zero attached hydrogens (tertiary/aromatic N) is 6. The number of oxazole rings is 1. The lowest BCUT2D eigenvalue weighted by Gasteiger charge is -2.42. The standard InChI is InChI=1S/C26H25N7O3S/c1-35-25(34)20-23(33-11-7-26(8-12-33)14-16-4-2-3-5-17(16)21(26)27)30-15-19(31-20)37-18-6-9-28-22(32-18)24-29-10-13-36-24/h2-6,9-10,13,15,21H,7-8,11-12,14,27H2,1H3/t21-/m1/s1. The zero-order valence-corrected chi connectivity index (χ0v) is 21.0. The van der Waals surface area contributed by atoms with Crippen LogP contribution in [0.5, 0.6) is 0 Å². The van der Waals surface area contributed by atoms with E-state index in [2.05, 4.69) is 54.1 Å². The SMILES string of the molecule is COC(=O)c1nc(Sc2ccnc(-c3ncco3)n2)cnc1N1CCC2(CC1)Cc1ccccc1[C@H]2N. The van der Waals surface area contributed by atoms with Gasteiger partial charge >= 0.3 is 5.97 Å². The molecule has 1 aliphatic carbocycles. The van der Waals surface area contributed by atoms with Gasteiger partial charge in [-0.15, -0.1) is 0 Å². The van der Waals surface area contributed by atoms with Gasteiger partial charge in [0.1, 0.15) is 16.3 Å². The summed E-state index contributed by atoms with van der Waals surface area (Å²) < 4.78 is 10.3. The van der Waals surface area contributed by atoms with E-state index in [4.69, 9.17) is 14.9 Å². The normalized spacial score (nSPS) is 18.1. The number of aromatic nitrogens is 5. The smallest absolute Gasteiger partial charge is 0.360 e. The molecule has 6 rings (SSSR count). The molecule has 1 fully saturated rings. The van der Waals surface area contributed by atoms with Gasteiger partial charge in [0.15, 0.2) is 11.5 Å². The van der Waals surface area contributed by atoms with Gasteiger partial charge in [0.2, 0.25) is 5.82 Å². The number of fused-ring (bicyclic) bond motifs is 1.